The van der Waals surface area contributed by atoms with Gasteiger partial charge in [-0.15, -0.1) is 0 Å². The number of nitrogens with one attached hydrogen (secondary N) is 1. The fraction of sp³-hybridized carbons (Fsp3) is 0.417. The van der Waals surface area contributed by atoms with Crippen LogP contribution in [0.4, 0.5) is 0 Å². The number of carbonyl (C=O) groups is 2. The third-order valence-corrected chi connectivity index (χ3v) is 5.80. The van der Waals surface area contributed by atoms with Crippen LogP contribution in [0, 0.1) is 5.92 Å². The second-order valence-corrected chi connectivity index (χ2v) is 8.49. The molecule has 7 nitrogen and oxygen atoms in total. The van der Waals surface area contributed by atoms with Crippen molar-refractivity contribution < 1.29 is 23.8 Å². The van der Waals surface area contributed by atoms with E-state index in [9.17, 15) is 9.59 Å². The van der Waals surface area contributed by atoms with Gasteiger partial charge in [-0.05, 0) is 49.7 Å². The third kappa shape index (κ3) is 4.93. The molecule has 32 heavy (non-hydrogen) atoms. The van der Waals surface area contributed by atoms with Gasteiger partial charge in [0.05, 0.1) is 27.2 Å². The van der Waals surface area contributed by atoms with Crippen LogP contribution in [-0.4, -0.2) is 57.2 Å². The Kier molecular flexibility index (Phi) is 7.51. The summed E-state index contributed by atoms with van der Waals surface area (Å²) in [7, 11) is 4.64. The Labute approximate surface area is 193 Å². The van der Waals surface area contributed by atoms with Crippen molar-refractivity contribution in [2.75, 3.05) is 34.4 Å². The molecule has 2 aromatic carbocycles. The van der Waals surface area contributed by atoms with Crippen molar-refractivity contribution >= 4 is 23.4 Å². The zero-order chi connectivity index (χ0) is 23.4. The topological polar surface area (TPSA) is 77.1 Å². The summed E-state index contributed by atoms with van der Waals surface area (Å²) < 4.78 is 16.4. The maximum atomic E-state index is 13.2. The van der Waals surface area contributed by atoms with Gasteiger partial charge in [-0.3, -0.25) is 9.59 Å². The van der Waals surface area contributed by atoms with E-state index in [0.717, 1.165) is 5.56 Å². The third-order valence-electron chi connectivity index (χ3n) is 5.56. The molecule has 0 aromatic heterocycles. The monoisotopic (exact) mass is 460 g/mol. The van der Waals surface area contributed by atoms with Gasteiger partial charge in [-0.1, -0.05) is 17.7 Å². The molecule has 1 heterocycles. The van der Waals surface area contributed by atoms with Gasteiger partial charge in [-0.25, -0.2) is 0 Å². The SMILES string of the molecule is COc1cc([C@@H]2CN(C(=O)c3cccc(Cl)c3)C[C@@H]2C(=O)NC(C)C)cc(OC)c1OC. The molecule has 1 N–H and O–H groups in total. The number of halogens is 1. The quantitative estimate of drug-likeness (QED) is 0.681. The summed E-state index contributed by atoms with van der Waals surface area (Å²) in [5.74, 6) is 0.555. The van der Waals surface area contributed by atoms with Gasteiger partial charge >= 0.3 is 0 Å². The number of carbonyl (C=O) groups excluding carboxylic acids is 2. The molecule has 3 rings (SSSR count). The lowest BCUT2D eigenvalue weighted by atomic mass is 9.87. The van der Waals surface area contributed by atoms with Crippen molar-refractivity contribution in [3.63, 3.8) is 0 Å². The maximum absolute atomic E-state index is 13.2. The Balaban J connectivity index is 1.99. The molecule has 1 aliphatic heterocycles. The van der Waals surface area contributed by atoms with Crippen LogP contribution in [0.15, 0.2) is 36.4 Å². The Morgan fingerprint density at radius 3 is 2.22 bits per heavy atom. The molecule has 172 valence electrons. The van der Waals surface area contributed by atoms with Crippen molar-refractivity contribution in [3.05, 3.63) is 52.5 Å². The first-order chi connectivity index (χ1) is 15.3. The zero-order valence-electron chi connectivity index (χ0n) is 19.0. The molecule has 0 unspecified atom stereocenters. The fourth-order valence-electron chi connectivity index (χ4n) is 4.08. The molecule has 2 atom stereocenters. The summed E-state index contributed by atoms with van der Waals surface area (Å²) >= 11 is 6.08. The molecule has 2 aromatic rings. The normalized spacial score (nSPS) is 17.9. The fourth-order valence-corrected chi connectivity index (χ4v) is 4.27. The molecule has 0 bridgehead atoms. The van der Waals surface area contributed by atoms with E-state index in [0.29, 0.717) is 40.9 Å². The first-order valence-electron chi connectivity index (χ1n) is 10.4. The Morgan fingerprint density at radius 2 is 1.69 bits per heavy atom. The molecule has 2 amide bonds. The number of hydrogen-bond acceptors (Lipinski definition) is 5. The van der Waals surface area contributed by atoms with E-state index in [2.05, 4.69) is 5.32 Å². The second-order valence-electron chi connectivity index (χ2n) is 8.06. The first kappa shape index (κ1) is 23.7. The van der Waals surface area contributed by atoms with Gasteiger partial charge in [0.15, 0.2) is 11.5 Å². The molecular weight excluding hydrogens is 432 g/mol. The molecule has 0 radical (unpaired) electrons. The van der Waals surface area contributed by atoms with Crippen LogP contribution in [-0.2, 0) is 4.79 Å². The van der Waals surface area contributed by atoms with Crippen LogP contribution >= 0.6 is 11.6 Å². The smallest absolute Gasteiger partial charge is 0.253 e. The van der Waals surface area contributed by atoms with Gasteiger partial charge in [0.2, 0.25) is 11.7 Å². The standard InChI is InChI=1S/C24H29ClN2O5/c1-14(2)26-23(28)19-13-27(24(29)15-7-6-8-17(25)9-15)12-18(19)16-10-20(30-3)22(32-5)21(11-16)31-4/h6-11,14,18-19H,12-13H2,1-5H3,(H,26,28)/t18-,19-/m0/s1. The number of rotatable bonds is 7. The highest BCUT2D eigenvalue weighted by Gasteiger charge is 2.41. The van der Waals surface area contributed by atoms with Crippen molar-refractivity contribution in [1.29, 1.82) is 0 Å². The number of benzene rings is 2. The van der Waals surface area contributed by atoms with Gasteiger partial charge in [-0.2, -0.15) is 0 Å². The summed E-state index contributed by atoms with van der Waals surface area (Å²) in [6.07, 6.45) is 0. The van der Waals surface area contributed by atoms with Crippen LogP contribution in [0.5, 0.6) is 17.2 Å². The Hall–Kier alpha value is -2.93. The Morgan fingerprint density at radius 1 is 1.03 bits per heavy atom. The van der Waals surface area contributed by atoms with Crippen molar-refractivity contribution in [3.8, 4) is 17.2 Å². The summed E-state index contributed by atoms with van der Waals surface area (Å²) in [5, 5.41) is 3.48. The van der Waals surface area contributed by atoms with E-state index in [4.69, 9.17) is 25.8 Å². The number of methoxy groups -OCH3 is 3. The second kappa shape index (κ2) is 10.1. The number of likely N-dealkylation sites (tertiary alicyclic amines) is 1. The summed E-state index contributed by atoms with van der Waals surface area (Å²) in [4.78, 5) is 28.0. The lowest BCUT2D eigenvalue weighted by molar-refractivity contribution is -0.125. The maximum Gasteiger partial charge on any atom is 0.253 e. The predicted molar refractivity (Wildman–Crippen MR) is 123 cm³/mol. The van der Waals surface area contributed by atoms with Gasteiger partial charge < -0.3 is 24.4 Å². The van der Waals surface area contributed by atoms with E-state index < -0.39 is 5.92 Å². The highest BCUT2D eigenvalue weighted by atomic mass is 35.5. The molecular formula is C24H29ClN2O5. The predicted octanol–water partition coefficient (Wildman–Crippen LogP) is 3.75. The molecule has 1 aliphatic rings. The number of ether oxygens (including phenoxy) is 3. The average molecular weight is 461 g/mol. The number of nitrogens with zero attached hydrogens (tertiary/aromatic N) is 1. The first-order valence-corrected chi connectivity index (χ1v) is 10.8. The molecule has 0 spiro atoms. The van der Waals surface area contributed by atoms with Crippen LogP contribution in [0.25, 0.3) is 0 Å². The highest BCUT2D eigenvalue weighted by molar-refractivity contribution is 6.30. The summed E-state index contributed by atoms with van der Waals surface area (Å²) in [6.45, 7) is 4.50. The van der Waals surface area contributed by atoms with Crippen molar-refractivity contribution in [2.24, 2.45) is 5.92 Å². The number of hydrogen-bond donors (Lipinski definition) is 1. The van der Waals surface area contributed by atoms with Crippen molar-refractivity contribution in [2.45, 2.75) is 25.8 Å². The van der Waals surface area contributed by atoms with Gasteiger partial charge in [0, 0.05) is 35.6 Å². The minimum Gasteiger partial charge on any atom is -0.493 e. The average Bonchev–Trinajstić information content (AvgIpc) is 3.22. The minimum atomic E-state index is -0.427. The number of amides is 2. The lowest BCUT2D eigenvalue weighted by Gasteiger charge is -2.21. The highest BCUT2D eigenvalue weighted by Crippen LogP contribution is 2.43. The molecule has 8 heteroatoms. The Bertz CT molecular complexity index is 969. The van der Waals surface area contributed by atoms with Crippen LogP contribution < -0.4 is 19.5 Å². The van der Waals surface area contributed by atoms with Gasteiger partial charge in [0.1, 0.15) is 0 Å². The molecule has 0 aliphatic carbocycles. The van der Waals surface area contributed by atoms with Crippen molar-refractivity contribution in [1.82, 2.24) is 10.2 Å². The largest absolute Gasteiger partial charge is 0.493 e. The summed E-state index contributed by atoms with van der Waals surface area (Å²) in [6, 6.07) is 10.5. The van der Waals surface area contributed by atoms with Crippen LogP contribution in [0.3, 0.4) is 0 Å². The molecule has 0 saturated carbocycles. The van der Waals surface area contributed by atoms with E-state index in [1.807, 2.05) is 26.0 Å². The van der Waals surface area contributed by atoms with E-state index >= 15 is 0 Å². The lowest BCUT2D eigenvalue weighted by Crippen LogP contribution is -2.39. The zero-order valence-corrected chi connectivity index (χ0v) is 19.7. The summed E-state index contributed by atoms with van der Waals surface area (Å²) in [5.41, 5.74) is 1.33. The minimum absolute atomic E-state index is 0.0132. The molecule has 1 fully saturated rings. The van der Waals surface area contributed by atoms with E-state index in [-0.39, 0.29) is 23.8 Å². The van der Waals surface area contributed by atoms with Crippen LogP contribution in [0.2, 0.25) is 5.02 Å². The molecule has 1 saturated heterocycles. The van der Waals surface area contributed by atoms with E-state index in [1.165, 1.54) is 0 Å². The van der Waals surface area contributed by atoms with Crippen LogP contribution in [0.1, 0.15) is 35.7 Å². The van der Waals surface area contributed by atoms with E-state index in [1.54, 1.807) is 50.5 Å². The van der Waals surface area contributed by atoms with Gasteiger partial charge in [0.25, 0.3) is 5.91 Å².